The van der Waals surface area contributed by atoms with Gasteiger partial charge in [-0.2, -0.15) is 0 Å². The van der Waals surface area contributed by atoms with E-state index in [0.717, 1.165) is 38.6 Å². The van der Waals surface area contributed by atoms with E-state index in [1.807, 2.05) is 13.0 Å². The Morgan fingerprint density at radius 2 is 2.16 bits per heavy atom. The number of nitrogens with zero attached hydrogens (tertiary/aromatic N) is 4. The summed E-state index contributed by atoms with van der Waals surface area (Å²) in [6.07, 6.45) is 3.97. The number of carbonyl (C=O) groups is 1. The number of hydrogen-bond acceptors (Lipinski definition) is 6. The number of likely N-dealkylation sites (tertiary alicyclic amines) is 1. The molecule has 0 spiro atoms. The average Bonchev–Trinajstić information content (AvgIpc) is 3.40. The van der Waals surface area contributed by atoms with Gasteiger partial charge in [-0.1, -0.05) is 0 Å². The zero-order chi connectivity index (χ0) is 22.1. The number of carbonyl (C=O) groups excluding carboxylic acids is 1. The minimum absolute atomic E-state index is 0.0112. The number of benzene rings is 1. The fourth-order valence-electron chi connectivity index (χ4n) is 4.08. The first-order chi connectivity index (χ1) is 14.8. The summed E-state index contributed by atoms with van der Waals surface area (Å²) in [5.41, 5.74) is 3.08. The molecular formula is C22H26FN5O2S. The van der Waals surface area contributed by atoms with Crippen LogP contribution in [0.4, 0.5) is 4.39 Å². The number of aryl methyl sites for hydroxylation is 1. The number of hydrogen-bond donors (Lipinski definition) is 1. The van der Waals surface area contributed by atoms with Gasteiger partial charge in [0.25, 0.3) is 0 Å². The summed E-state index contributed by atoms with van der Waals surface area (Å²) in [5.74, 6) is -0.0812. The average molecular weight is 444 g/mol. The van der Waals surface area contributed by atoms with Crippen molar-refractivity contribution in [2.24, 2.45) is 0 Å². The minimum Gasteiger partial charge on any atom is -0.333 e. The standard InChI is InChI=1S/C14H17FN2S.C8H9N3O2/c1-9-4-3-5-17(9)8-11-6-13-14(7-12(11)15)18-10(2)16-13;1-5(12)11-3-6-2-9-8(13)10-7(6)4-11/h6-7,9H,3-5,8H2,1-2H3;2H,3-4H2,1H3,(H,9,10,13)/t9-;/m0./s1. The Labute approximate surface area is 183 Å². The Hall–Kier alpha value is -2.65. The predicted octanol–water partition coefficient (Wildman–Crippen LogP) is 3.36. The molecule has 0 bridgehead atoms. The van der Waals surface area contributed by atoms with Crippen LogP contribution in [0, 0.1) is 12.7 Å². The third-order valence-electron chi connectivity index (χ3n) is 5.87. The normalized spacial score (nSPS) is 18.2. The Morgan fingerprint density at radius 3 is 2.87 bits per heavy atom. The number of aromatic nitrogens is 3. The van der Waals surface area contributed by atoms with E-state index >= 15 is 0 Å². The molecule has 0 radical (unpaired) electrons. The molecule has 9 heteroatoms. The first-order valence-corrected chi connectivity index (χ1v) is 11.2. The number of nitrogens with one attached hydrogen (secondary N) is 1. The minimum atomic E-state index is -0.357. The van der Waals surface area contributed by atoms with E-state index in [0.29, 0.717) is 25.7 Å². The zero-order valence-electron chi connectivity index (χ0n) is 17.9. The lowest BCUT2D eigenvalue weighted by atomic mass is 10.1. The molecule has 1 atom stereocenters. The van der Waals surface area contributed by atoms with Gasteiger partial charge in [0.1, 0.15) is 5.82 Å². The van der Waals surface area contributed by atoms with Crippen LogP contribution in [0.1, 0.15) is 48.5 Å². The molecule has 1 amide bonds. The quantitative estimate of drug-likeness (QED) is 0.657. The second kappa shape index (κ2) is 8.84. The summed E-state index contributed by atoms with van der Waals surface area (Å²) in [4.78, 5) is 36.5. The molecular weight excluding hydrogens is 417 g/mol. The summed E-state index contributed by atoms with van der Waals surface area (Å²) in [6.45, 7) is 8.52. The number of thiazole rings is 1. The highest BCUT2D eigenvalue weighted by molar-refractivity contribution is 7.18. The molecule has 1 aromatic carbocycles. The van der Waals surface area contributed by atoms with Crippen LogP contribution < -0.4 is 5.69 Å². The Balaban J connectivity index is 0.000000158. The summed E-state index contributed by atoms with van der Waals surface area (Å²) in [7, 11) is 0. The van der Waals surface area contributed by atoms with E-state index in [4.69, 9.17) is 0 Å². The van der Waals surface area contributed by atoms with Crippen molar-refractivity contribution in [1.82, 2.24) is 24.8 Å². The molecule has 7 nitrogen and oxygen atoms in total. The molecule has 1 fully saturated rings. The number of amides is 1. The van der Waals surface area contributed by atoms with Gasteiger partial charge in [-0.25, -0.2) is 19.2 Å². The van der Waals surface area contributed by atoms with Crippen LogP contribution in [0.25, 0.3) is 10.2 Å². The molecule has 1 saturated heterocycles. The number of fused-ring (bicyclic) bond motifs is 2. The highest BCUT2D eigenvalue weighted by atomic mass is 32.1. The monoisotopic (exact) mass is 443 g/mol. The summed E-state index contributed by atoms with van der Waals surface area (Å²) in [6, 6.07) is 4.12. The maximum atomic E-state index is 14.1. The third-order valence-corrected chi connectivity index (χ3v) is 6.80. The van der Waals surface area contributed by atoms with Crippen molar-refractivity contribution >= 4 is 27.5 Å². The van der Waals surface area contributed by atoms with Crippen LogP contribution in [-0.4, -0.2) is 43.2 Å². The third kappa shape index (κ3) is 4.83. The second-order valence-corrected chi connectivity index (χ2v) is 9.41. The van der Waals surface area contributed by atoms with Crippen molar-refractivity contribution in [1.29, 1.82) is 0 Å². The van der Waals surface area contributed by atoms with E-state index in [2.05, 4.69) is 26.8 Å². The lowest BCUT2D eigenvalue weighted by Crippen LogP contribution is -2.26. The van der Waals surface area contributed by atoms with E-state index in [9.17, 15) is 14.0 Å². The van der Waals surface area contributed by atoms with Crippen LogP contribution in [0.3, 0.4) is 0 Å². The molecule has 2 aliphatic heterocycles. The molecule has 2 aromatic heterocycles. The lowest BCUT2D eigenvalue weighted by molar-refractivity contribution is -0.129. The van der Waals surface area contributed by atoms with Gasteiger partial charge in [-0.3, -0.25) is 9.69 Å². The van der Waals surface area contributed by atoms with Crippen LogP contribution >= 0.6 is 11.3 Å². The Kier molecular flexibility index (Phi) is 6.15. The van der Waals surface area contributed by atoms with E-state index in [1.54, 1.807) is 22.3 Å². The highest BCUT2D eigenvalue weighted by Gasteiger charge is 2.22. The van der Waals surface area contributed by atoms with E-state index in [-0.39, 0.29) is 17.4 Å². The number of H-pyrrole nitrogens is 1. The summed E-state index contributed by atoms with van der Waals surface area (Å²) < 4.78 is 15.0. The molecule has 1 N–H and O–H groups in total. The van der Waals surface area contributed by atoms with Crippen LogP contribution in [0.2, 0.25) is 0 Å². The molecule has 2 aliphatic rings. The van der Waals surface area contributed by atoms with Crippen molar-refractivity contribution in [2.75, 3.05) is 6.54 Å². The molecule has 4 heterocycles. The molecule has 0 unspecified atom stereocenters. The van der Waals surface area contributed by atoms with Crippen molar-refractivity contribution in [3.05, 3.63) is 56.5 Å². The van der Waals surface area contributed by atoms with Gasteiger partial charge in [0.05, 0.1) is 21.8 Å². The molecule has 0 saturated carbocycles. The van der Waals surface area contributed by atoms with Gasteiger partial charge in [0, 0.05) is 49.1 Å². The summed E-state index contributed by atoms with van der Waals surface area (Å²) in [5, 5.41) is 0.996. The van der Waals surface area contributed by atoms with Crippen molar-refractivity contribution < 1.29 is 9.18 Å². The fraction of sp³-hybridized carbons (Fsp3) is 0.455. The lowest BCUT2D eigenvalue weighted by Gasteiger charge is -2.21. The van der Waals surface area contributed by atoms with Gasteiger partial charge in [-0.05, 0) is 45.4 Å². The number of aromatic amines is 1. The van der Waals surface area contributed by atoms with Gasteiger partial charge in [-0.15, -0.1) is 11.3 Å². The van der Waals surface area contributed by atoms with Crippen LogP contribution in [0.5, 0.6) is 0 Å². The zero-order valence-corrected chi connectivity index (χ0v) is 18.8. The van der Waals surface area contributed by atoms with Crippen molar-refractivity contribution in [3.63, 3.8) is 0 Å². The molecule has 31 heavy (non-hydrogen) atoms. The van der Waals surface area contributed by atoms with Crippen LogP contribution in [0.15, 0.2) is 23.1 Å². The van der Waals surface area contributed by atoms with Crippen molar-refractivity contribution in [3.8, 4) is 0 Å². The fourth-order valence-corrected chi connectivity index (χ4v) is 4.92. The Bertz CT molecular complexity index is 1170. The SMILES string of the molecule is CC(=O)N1Cc2cnc(=O)[nH]c2C1.Cc1nc2cc(CN3CCC[C@@H]3C)c(F)cc2s1. The summed E-state index contributed by atoms with van der Waals surface area (Å²) >= 11 is 1.55. The Morgan fingerprint density at radius 1 is 1.35 bits per heavy atom. The smallest absolute Gasteiger partial charge is 0.333 e. The first-order valence-electron chi connectivity index (χ1n) is 10.4. The molecule has 3 aromatic rings. The molecule has 164 valence electrons. The predicted molar refractivity (Wildman–Crippen MR) is 118 cm³/mol. The van der Waals surface area contributed by atoms with Gasteiger partial charge >= 0.3 is 5.69 Å². The molecule has 5 rings (SSSR count). The van der Waals surface area contributed by atoms with Crippen molar-refractivity contribution in [2.45, 2.75) is 59.3 Å². The van der Waals surface area contributed by atoms with Gasteiger partial charge < -0.3 is 9.88 Å². The highest BCUT2D eigenvalue weighted by Crippen LogP contribution is 2.27. The van der Waals surface area contributed by atoms with E-state index in [1.165, 1.54) is 26.0 Å². The number of rotatable bonds is 2. The number of halogens is 1. The van der Waals surface area contributed by atoms with Gasteiger partial charge in [0.2, 0.25) is 5.91 Å². The first kappa shape index (κ1) is 21.6. The second-order valence-electron chi connectivity index (χ2n) is 8.17. The van der Waals surface area contributed by atoms with Gasteiger partial charge in [0.15, 0.2) is 0 Å². The molecule has 0 aliphatic carbocycles. The maximum absolute atomic E-state index is 14.1. The maximum Gasteiger partial charge on any atom is 0.345 e. The largest absolute Gasteiger partial charge is 0.345 e. The van der Waals surface area contributed by atoms with Crippen LogP contribution in [-0.2, 0) is 24.4 Å². The van der Waals surface area contributed by atoms with E-state index < -0.39 is 0 Å². The topological polar surface area (TPSA) is 82.2 Å².